The molecule has 0 aliphatic carbocycles. The number of anilines is 1. The van der Waals surface area contributed by atoms with Gasteiger partial charge in [-0.3, -0.25) is 4.98 Å². The van der Waals surface area contributed by atoms with Gasteiger partial charge in [0.15, 0.2) is 0 Å². The van der Waals surface area contributed by atoms with Gasteiger partial charge < -0.3 is 20.8 Å². The van der Waals surface area contributed by atoms with Crippen molar-refractivity contribution in [3.63, 3.8) is 0 Å². The van der Waals surface area contributed by atoms with E-state index in [1.807, 2.05) is 54.6 Å². The van der Waals surface area contributed by atoms with Crippen molar-refractivity contribution in [1.82, 2.24) is 15.0 Å². The van der Waals surface area contributed by atoms with E-state index in [9.17, 15) is 8.42 Å². The van der Waals surface area contributed by atoms with E-state index in [2.05, 4.69) is 20.3 Å². The predicted octanol–water partition coefficient (Wildman–Crippen LogP) is 3.39. The molecule has 34 heavy (non-hydrogen) atoms. The van der Waals surface area contributed by atoms with Crippen molar-refractivity contribution in [2.24, 2.45) is 0 Å². The van der Waals surface area contributed by atoms with Crippen LogP contribution in [0.15, 0.2) is 79.3 Å². The molecule has 0 spiro atoms. The fourth-order valence-corrected chi connectivity index (χ4v) is 3.79. The van der Waals surface area contributed by atoms with Crippen LogP contribution in [0.5, 0.6) is 5.75 Å². The largest absolute Gasteiger partial charge is 0.497 e. The standard InChI is InChI=1S/C25H29N5O3S/c1-27-34(31,32)15-14-30-25-10-7-21(20-5-8-22(33-2)9-6-20)16-23(25)24(26)11-13-29-18-19-4-3-12-28-17-19/h3-13,16-17,26-27,29-30H,14-15,18H2,1-2H3/b13-11-,26-24?. The molecule has 0 bridgehead atoms. The van der Waals surface area contributed by atoms with Gasteiger partial charge in [0.1, 0.15) is 5.75 Å². The van der Waals surface area contributed by atoms with Crippen molar-refractivity contribution >= 4 is 21.4 Å². The van der Waals surface area contributed by atoms with Gasteiger partial charge in [-0.1, -0.05) is 24.3 Å². The Hall–Kier alpha value is -3.69. The summed E-state index contributed by atoms with van der Waals surface area (Å²) in [5, 5.41) is 15.0. The Kier molecular flexibility index (Phi) is 8.78. The molecular weight excluding hydrogens is 450 g/mol. The average molecular weight is 480 g/mol. The highest BCUT2D eigenvalue weighted by Gasteiger charge is 2.11. The Morgan fingerprint density at radius 2 is 1.88 bits per heavy atom. The molecule has 0 aliphatic rings. The lowest BCUT2D eigenvalue weighted by Gasteiger charge is -2.14. The first-order valence-electron chi connectivity index (χ1n) is 10.7. The summed E-state index contributed by atoms with van der Waals surface area (Å²) in [5.41, 5.74) is 4.59. The number of nitrogens with zero attached hydrogens (tertiary/aromatic N) is 1. The number of nitrogens with one attached hydrogen (secondary N) is 4. The highest BCUT2D eigenvalue weighted by Crippen LogP contribution is 2.27. The molecule has 2 aromatic carbocycles. The van der Waals surface area contributed by atoms with Crippen LogP contribution in [0.4, 0.5) is 5.69 Å². The quantitative estimate of drug-likeness (QED) is 0.296. The maximum absolute atomic E-state index is 11.8. The highest BCUT2D eigenvalue weighted by atomic mass is 32.2. The molecule has 0 radical (unpaired) electrons. The van der Waals surface area contributed by atoms with E-state index in [-0.39, 0.29) is 18.0 Å². The third kappa shape index (κ3) is 7.16. The molecule has 9 heteroatoms. The Morgan fingerprint density at radius 3 is 2.56 bits per heavy atom. The first-order chi connectivity index (χ1) is 16.4. The van der Waals surface area contributed by atoms with E-state index in [0.29, 0.717) is 17.8 Å². The van der Waals surface area contributed by atoms with E-state index in [0.717, 1.165) is 22.4 Å². The number of sulfonamides is 1. The van der Waals surface area contributed by atoms with Crippen LogP contribution in [0, 0.1) is 5.41 Å². The molecule has 0 saturated heterocycles. The minimum atomic E-state index is -3.33. The maximum Gasteiger partial charge on any atom is 0.213 e. The zero-order chi connectivity index (χ0) is 24.4. The lowest BCUT2D eigenvalue weighted by molar-refractivity contribution is 0.415. The van der Waals surface area contributed by atoms with Crippen LogP contribution in [0.2, 0.25) is 0 Å². The summed E-state index contributed by atoms with van der Waals surface area (Å²) in [5.74, 6) is 0.697. The third-order valence-corrected chi connectivity index (χ3v) is 6.49. The van der Waals surface area contributed by atoms with Gasteiger partial charge in [0.25, 0.3) is 0 Å². The van der Waals surface area contributed by atoms with Crippen molar-refractivity contribution in [2.75, 3.05) is 31.8 Å². The van der Waals surface area contributed by atoms with Crippen LogP contribution in [0.25, 0.3) is 11.1 Å². The molecule has 1 heterocycles. The molecular formula is C25H29N5O3S. The number of rotatable bonds is 12. The number of methoxy groups -OCH3 is 1. The van der Waals surface area contributed by atoms with Gasteiger partial charge in [0, 0.05) is 36.7 Å². The zero-order valence-electron chi connectivity index (χ0n) is 19.2. The number of pyridine rings is 1. The fraction of sp³-hybridized carbons (Fsp3) is 0.200. The predicted molar refractivity (Wildman–Crippen MR) is 137 cm³/mol. The van der Waals surface area contributed by atoms with E-state index < -0.39 is 10.0 Å². The SMILES string of the molecule is CNS(=O)(=O)CCNc1ccc(-c2ccc(OC)cc2)cc1C(=N)/C=C\NCc1cccnc1. The van der Waals surface area contributed by atoms with Crippen LogP contribution in [0.3, 0.4) is 0 Å². The van der Waals surface area contributed by atoms with Gasteiger partial charge in [0.2, 0.25) is 10.0 Å². The normalized spacial score (nSPS) is 11.4. The van der Waals surface area contributed by atoms with Gasteiger partial charge in [-0.2, -0.15) is 0 Å². The molecule has 8 nitrogen and oxygen atoms in total. The lowest BCUT2D eigenvalue weighted by atomic mass is 9.99. The summed E-state index contributed by atoms with van der Waals surface area (Å²) in [6, 6.07) is 17.3. The summed E-state index contributed by atoms with van der Waals surface area (Å²) in [6.07, 6.45) is 6.91. The van der Waals surface area contributed by atoms with E-state index in [1.165, 1.54) is 7.05 Å². The monoisotopic (exact) mass is 479 g/mol. The Labute approximate surface area is 200 Å². The van der Waals surface area contributed by atoms with Crippen LogP contribution >= 0.6 is 0 Å². The van der Waals surface area contributed by atoms with E-state index in [1.54, 1.807) is 31.8 Å². The van der Waals surface area contributed by atoms with Crippen LogP contribution in [-0.2, 0) is 16.6 Å². The minimum Gasteiger partial charge on any atom is -0.497 e. The third-order valence-electron chi connectivity index (χ3n) is 5.13. The van der Waals surface area contributed by atoms with E-state index >= 15 is 0 Å². The number of benzene rings is 2. The van der Waals surface area contributed by atoms with Crippen molar-refractivity contribution in [3.05, 3.63) is 90.4 Å². The van der Waals surface area contributed by atoms with Gasteiger partial charge >= 0.3 is 0 Å². The van der Waals surface area contributed by atoms with E-state index in [4.69, 9.17) is 10.1 Å². The molecule has 178 valence electrons. The topological polar surface area (TPSA) is 116 Å². The lowest BCUT2D eigenvalue weighted by Crippen LogP contribution is -2.26. The van der Waals surface area contributed by atoms with Gasteiger partial charge in [-0.25, -0.2) is 13.1 Å². The van der Waals surface area contributed by atoms with Crippen molar-refractivity contribution in [3.8, 4) is 16.9 Å². The molecule has 0 saturated carbocycles. The average Bonchev–Trinajstić information content (AvgIpc) is 2.87. The Morgan fingerprint density at radius 1 is 1.12 bits per heavy atom. The number of aromatic nitrogens is 1. The number of ether oxygens (including phenoxy) is 1. The minimum absolute atomic E-state index is 0.0704. The summed E-state index contributed by atoms with van der Waals surface area (Å²) in [6.45, 7) is 0.810. The first kappa shape index (κ1) is 24.9. The molecule has 0 fully saturated rings. The van der Waals surface area contributed by atoms with Crippen LogP contribution in [0.1, 0.15) is 11.1 Å². The highest BCUT2D eigenvalue weighted by molar-refractivity contribution is 7.89. The van der Waals surface area contributed by atoms with Crippen molar-refractivity contribution in [2.45, 2.75) is 6.54 Å². The van der Waals surface area contributed by atoms with Crippen LogP contribution in [-0.4, -0.2) is 45.6 Å². The molecule has 0 amide bonds. The molecule has 3 rings (SSSR count). The zero-order valence-corrected chi connectivity index (χ0v) is 20.0. The number of hydrogen-bond donors (Lipinski definition) is 4. The van der Waals surface area contributed by atoms with Gasteiger partial charge in [-0.15, -0.1) is 0 Å². The van der Waals surface area contributed by atoms with Crippen molar-refractivity contribution in [1.29, 1.82) is 5.41 Å². The fourth-order valence-electron chi connectivity index (χ4n) is 3.22. The maximum atomic E-state index is 11.8. The molecule has 3 aromatic rings. The Bertz CT molecular complexity index is 1230. The molecule has 0 unspecified atom stereocenters. The molecule has 4 N–H and O–H groups in total. The summed E-state index contributed by atoms with van der Waals surface area (Å²) in [7, 11) is -0.316. The first-order valence-corrected chi connectivity index (χ1v) is 12.4. The second kappa shape index (κ2) is 12.0. The van der Waals surface area contributed by atoms with Crippen molar-refractivity contribution < 1.29 is 13.2 Å². The summed E-state index contributed by atoms with van der Waals surface area (Å²) in [4.78, 5) is 4.09. The Balaban J connectivity index is 1.80. The second-order valence-electron chi connectivity index (χ2n) is 7.43. The second-order valence-corrected chi connectivity index (χ2v) is 9.47. The molecule has 1 aromatic heterocycles. The number of allylic oxidation sites excluding steroid dienone is 1. The molecule has 0 atom stereocenters. The molecule has 0 aliphatic heterocycles. The summed E-state index contributed by atoms with van der Waals surface area (Å²) < 4.78 is 31.1. The van der Waals surface area contributed by atoms with Gasteiger partial charge in [-0.05, 0) is 66.3 Å². The van der Waals surface area contributed by atoms with Gasteiger partial charge in [0.05, 0.1) is 18.6 Å². The summed E-state index contributed by atoms with van der Waals surface area (Å²) >= 11 is 0. The van der Waals surface area contributed by atoms with Crippen LogP contribution < -0.4 is 20.1 Å². The smallest absolute Gasteiger partial charge is 0.213 e. The number of hydrogen-bond acceptors (Lipinski definition) is 7.